The van der Waals surface area contributed by atoms with Crippen molar-refractivity contribution in [2.24, 2.45) is 0 Å². The third kappa shape index (κ3) is 3.58. The van der Waals surface area contributed by atoms with Gasteiger partial charge >= 0.3 is 0 Å². The van der Waals surface area contributed by atoms with Crippen LogP contribution >= 0.6 is 0 Å². The Kier molecular flexibility index (Phi) is 5.01. The summed E-state index contributed by atoms with van der Waals surface area (Å²) in [5.74, 6) is 1.13. The topological polar surface area (TPSA) is 67.9 Å². The summed E-state index contributed by atoms with van der Waals surface area (Å²) in [4.78, 5) is 26.5. The zero-order chi connectivity index (χ0) is 20.5. The van der Waals surface area contributed by atoms with Crippen LogP contribution in [0.25, 0.3) is 5.70 Å². The van der Waals surface area contributed by atoms with Crippen molar-refractivity contribution < 1.29 is 19.1 Å². The van der Waals surface area contributed by atoms with Crippen LogP contribution in [0.2, 0.25) is 0 Å². The zero-order valence-corrected chi connectivity index (χ0v) is 16.7. The maximum absolute atomic E-state index is 12.6. The molecular weight excluding hydrogens is 368 g/mol. The Morgan fingerprint density at radius 1 is 1.31 bits per heavy atom. The first-order valence-corrected chi connectivity index (χ1v) is 9.80. The van der Waals surface area contributed by atoms with Gasteiger partial charge < -0.3 is 14.8 Å². The maximum atomic E-state index is 12.6. The van der Waals surface area contributed by atoms with Gasteiger partial charge in [0.25, 0.3) is 5.91 Å². The van der Waals surface area contributed by atoms with Gasteiger partial charge in [0.05, 0.1) is 6.61 Å². The monoisotopic (exact) mass is 392 g/mol. The van der Waals surface area contributed by atoms with Gasteiger partial charge in [-0.05, 0) is 32.0 Å². The second-order valence-corrected chi connectivity index (χ2v) is 7.29. The number of benzene rings is 2. The van der Waals surface area contributed by atoms with Crippen LogP contribution in [-0.2, 0) is 17.8 Å². The molecule has 29 heavy (non-hydrogen) atoms. The highest BCUT2D eigenvalue weighted by Crippen LogP contribution is 2.35. The van der Waals surface area contributed by atoms with E-state index in [9.17, 15) is 9.59 Å². The van der Waals surface area contributed by atoms with E-state index >= 15 is 0 Å². The average molecular weight is 392 g/mol. The van der Waals surface area contributed by atoms with Crippen molar-refractivity contribution in [3.05, 3.63) is 65.2 Å². The normalized spacial score (nSPS) is 17.0. The lowest BCUT2D eigenvalue weighted by Gasteiger charge is -2.18. The molecule has 2 aliphatic heterocycles. The number of hydrogen-bond acceptors (Lipinski definition) is 4. The molecule has 150 valence electrons. The van der Waals surface area contributed by atoms with Gasteiger partial charge in [-0.25, -0.2) is 0 Å². The van der Waals surface area contributed by atoms with Crippen LogP contribution in [0.4, 0.5) is 0 Å². The fraction of sp³-hybridized carbons (Fsp3) is 0.304. The third-order valence-corrected chi connectivity index (χ3v) is 5.20. The molecule has 0 spiro atoms. The van der Waals surface area contributed by atoms with Gasteiger partial charge in [0.2, 0.25) is 5.91 Å². The summed E-state index contributed by atoms with van der Waals surface area (Å²) in [6.07, 6.45) is 0.986. The van der Waals surface area contributed by atoms with E-state index in [1.807, 2.05) is 38.1 Å². The summed E-state index contributed by atoms with van der Waals surface area (Å²) >= 11 is 0. The average Bonchev–Trinajstić information content (AvgIpc) is 3.18. The lowest BCUT2D eigenvalue weighted by Crippen LogP contribution is -2.36. The number of rotatable bonds is 6. The van der Waals surface area contributed by atoms with E-state index in [2.05, 4.69) is 11.9 Å². The number of nitrogens with zero attached hydrogens (tertiary/aromatic N) is 1. The number of hydrogen-bond donors (Lipinski definition) is 1. The zero-order valence-electron chi connectivity index (χ0n) is 16.7. The molecule has 0 saturated carbocycles. The van der Waals surface area contributed by atoms with Crippen molar-refractivity contribution in [3.8, 4) is 11.5 Å². The van der Waals surface area contributed by atoms with Gasteiger partial charge in [0.15, 0.2) is 0 Å². The molecule has 0 fully saturated rings. The summed E-state index contributed by atoms with van der Waals surface area (Å²) < 4.78 is 11.6. The third-order valence-electron chi connectivity index (χ3n) is 5.20. The van der Waals surface area contributed by atoms with Crippen LogP contribution in [0.15, 0.2) is 43.0 Å². The molecule has 1 unspecified atom stereocenters. The molecule has 2 aromatic carbocycles. The molecule has 2 heterocycles. The summed E-state index contributed by atoms with van der Waals surface area (Å²) in [5.41, 5.74) is 3.87. The Bertz CT molecular complexity index is 963. The SMILES string of the molecule is C=C1c2ccccc2C(=O)N1CC(=O)NCc1cc2c(cc1OCC)CC(C)O2. The Morgan fingerprint density at radius 2 is 2.07 bits per heavy atom. The first-order valence-electron chi connectivity index (χ1n) is 9.80. The largest absolute Gasteiger partial charge is 0.494 e. The Morgan fingerprint density at radius 3 is 2.79 bits per heavy atom. The number of carbonyl (C=O) groups is 2. The van der Waals surface area contributed by atoms with E-state index in [-0.39, 0.29) is 24.5 Å². The minimum absolute atomic E-state index is 0.0746. The van der Waals surface area contributed by atoms with Crippen molar-refractivity contribution in [2.45, 2.75) is 32.9 Å². The summed E-state index contributed by atoms with van der Waals surface area (Å²) in [6, 6.07) is 11.2. The molecule has 6 nitrogen and oxygen atoms in total. The van der Waals surface area contributed by atoms with Crippen molar-refractivity contribution in [2.75, 3.05) is 13.2 Å². The second-order valence-electron chi connectivity index (χ2n) is 7.29. The van der Waals surface area contributed by atoms with Crippen LogP contribution in [0, 0.1) is 0 Å². The first-order chi connectivity index (χ1) is 14.0. The van der Waals surface area contributed by atoms with Crippen LogP contribution in [0.5, 0.6) is 11.5 Å². The highest BCUT2D eigenvalue weighted by atomic mass is 16.5. The van der Waals surface area contributed by atoms with Crippen LogP contribution in [0.1, 0.15) is 40.9 Å². The molecular formula is C23H24N2O4. The minimum Gasteiger partial charge on any atom is -0.494 e. The fourth-order valence-electron chi connectivity index (χ4n) is 3.80. The van der Waals surface area contributed by atoms with E-state index in [1.54, 1.807) is 12.1 Å². The Hall–Kier alpha value is -3.28. The van der Waals surface area contributed by atoms with Crippen LogP contribution in [-0.4, -0.2) is 36.0 Å². The molecule has 6 heteroatoms. The van der Waals surface area contributed by atoms with Gasteiger partial charge in [0, 0.05) is 40.9 Å². The standard InChI is InChI=1S/C23H24N2O4/c1-4-28-20-10-16-9-14(2)29-21(16)11-17(20)12-24-22(26)13-25-15(3)18-7-5-6-8-19(18)23(25)27/h5-8,10-11,14H,3-4,9,12-13H2,1-2H3,(H,24,26). The molecule has 0 aliphatic carbocycles. The maximum Gasteiger partial charge on any atom is 0.259 e. The van der Waals surface area contributed by atoms with Gasteiger partial charge in [0.1, 0.15) is 24.1 Å². The number of fused-ring (bicyclic) bond motifs is 2. The van der Waals surface area contributed by atoms with Gasteiger partial charge in [-0.3, -0.25) is 14.5 Å². The molecule has 2 aliphatic rings. The van der Waals surface area contributed by atoms with E-state index in [4.69, 9.17) is 9.47 Å². The van der Waals surface area contributed by atoms with E-state index in [0.717, 1.165) is 34.6 Å². The molecule has 2 amide bonds. The van der Waals surface area contributed by atoms with Crippen LogP contribution < -0.4 is 14.8 Å². The molecule has 2 aromatic rings. The lowest BCUT2D eigenvalue weighted by molar-refractivity contribution is -0.121. The van der Waals surface area contributed by atoms with Gasteiger partial charge in [-0.2, -0.15) is 0 Å². The summed E-state index contributed by atoms with van der Waals surface area (Å²) in [5, 5.41) is 2.89. The predicted molar refractivity (Wildman–Crippen MR) is 110 cm³/mol. The van der Waals surface area contributed by atoms with E-state index < -0.39 is 0 Å². The highest BCUT2D eigenvalue weighted by Gasteiger charge is 2.32. The number of nitrogens with one attached hydrogen (secondary N) is 1. The minimum atomic E-state index is -0.260. The number of ether oxygens (including phenoxy) is 2. The van der Waals surface area contributed by atoms with Crippen molar-refractivity contribution >= 4 is 17.5 Å². The van der Waals surface area contributed by atoms with E-state index in [1.165, 1.54) is 4.90 Å². The molecule has 1 N–H and O–H groups in total. The molecule has 0 radical (unpaired) electrons. The van der Waals surface area contributed by atoms with Crippen molar-refractivity contribution in [1.29, 1.82) is 0 Å². The predicted octanol–water partition coefficient (Wildman–Crippen LogP) is 3.15. The smallest absolute Gasteiger partial charge is 0.259 e. The lowest BCUT2D eigenvalue weighted by atomic mass is 10.1. The quantitative estimate of drug-likeness (QED) is 0.820. The summed E-state index contributed by atoms with van der Waals surface area (Å²) in [7, 11) is 0. The molecule has 1 atom stereocenters. The first kappa shape index (κ1) is 19.1. The second kappa shape index (κ2) is 7.62. The summed E-state index contributed by atoms with van der Waals surface area (Å²) in [6.45, 7) is 8.68. The number of carbonyl (C=O) groups excluding carboxylic acids is 2. The van der Waals surface area contributed by atoms with Gasteiger partial charge in [-0.1, -0.05) is 24.8 Å². The molecule has 4 rings (SSSR count). The Labute approximate surface area is 170 Å². The van der Waals surface area contributed by atoms with E-state index in [0.29, 0.717) is 24.4 Å². The van der Waals surface area contributed by atoms with Crippen LogP contribution in [0.3, 0.4) is 0 Å². The Balaban J connectivity index is 1.44. The molecule has 0 bridgehead atoms. The highest BCUT2D eigenvalue weighted by molar-refractivity contribution is 6.10. The van der Waals surface area contributed by atoms with Crippen molar-refractivity contribution in [1.82, 2.24) is 10.2 Å². The van der Waals surface area contributed by atoms with Crippen molar-refractivity contribution in [3.63, 3.8) is 0 Å². The molecule has 0 saturated heterocycles. The van der Waals surface area contributed by atoms with Gasteiger partial charge in [-0.15, -0.1) is 0 Å². The fourth-order valence-corrected chi connectivity index (χ4v) is 3.80. The number of amides is 2. The molecule has 0 aromatic heterocycles.